The van der Waals surface area contributed by atoms with E-state index in [-0.39, 0.29) is 24.1 Å². The summed E-state index contributed by atoms with van der Waals surface area (Å²) < 4.78 is 10.9. The molecule has 6 nitrogen and oxygen atoms in total. The summed E-state index contributed by atoms with van der Waals surface area (Å²) in [6.45, 7) is 10.2. The smallest absolute Gasteiger partial charge is 0.338 e. The largest absolute Gasteiger partial charge is 0.462 e. The second kappa shape index (κ2) is 8.97. The highest BCUT2D eigenvalue weighted by Crippen LogP contribution is 2.13. The van der Waals surface area contributed by atoms with E-state index in [1.807, 2.05) is 27.7 Å². The Morgan fingerprint density at radius 2 is 1.80 bits per heavy atom. The molecule has 1 N–H and O–H groups in total. The Morgan fingerprint density at radius 3 is 2.36 bits per heavy atom. The van der Waals surface area contributed by atoms with Crippen LogP contribution < -0.4 is 5.32 Å². The van der Waals surface area contributed by atoms with Gasteiger partial charge in [-0.1, -0.05) is 13.8 Å². The average Bonchev–Trinajstić information content (AvgIpc) is 2.52. The third kappa shape index (κ3) is 6.48. The molecule has 0 bridgehead atoms. The van der Waals surface area contributed by atoms with Gasteiger partial charge in [0.2, 0.25) is 5.91 Å². The monoisotopic (exact) mass is 348 g/mol. The van der Waals surface area contributed by atoms with E-state index in [4.69, 9.17) is 9.47 Å². The standard InChI is InChI=1S/C19H28N2O4/c1-13(2)12-24-19(23)16-5-7-17(8-6-16)20-18(22)11-21-9-14(3)25-15(4)10-21/h5-8,13-15H,9-12H2,1-4H3,(H,20,22)/t14-,15-/m0/s1. The van der Waals surface area contributed by atoms with Gasteiger partial charge in [0.1, 0.15) is 0 Å². The molecule has 0 saturated carbocycles. The molecule has 0 radical (unpaired) electrons. The number of anilines is 1. The van der Waals surface area contributed by atoms with Gasteiger partial charge < -0.3 is 14.8 Å². The van der Waals surface area contributed by atoms with Gasteiger partial charge in [0.15, 0.2) is 0 Å². The summed E-state index contributed by atoms with van der Waals surface area (Å²) in [5, 5.41) is 2.86. The van der Waals surface area contributed by atoms with Crippen LogP contribution in [0.2, 0.25) is 0 Å². The van der Waals surface area contributed by atoms with Crippen LogP contribution in [-0.4, -0.2) is 55.2 Å². The van der Waals surface area contributed by atoms with E-state index >= 15 is 0 Å². The van der Waals surface area contributed by atoms with Crippen molar-refractivity contribution in [2.24, 2.45) is 5.92 Å². The van der Waals surface area contributed by atoms with Crippen molar-refractivity contribution in [1.82, 2.24) is 4.90 Å². The van der Waals surface area contributed by atoms with E-state index in [9.17, 15) is 9.59 Å². The lowest BCUT2D eigenvalue weighted by molar-refractivity contribution is -0.121. The number of morpholine rings is 1. The minimum atomic E-state index is -0.345. The lowest BCUT2D eigenvalue weighted by atomic mass is 10.2. The summed E-state index contributed by atoms with van der Waals surface area (Å²) >= 11 is 0. The van der Waals surface area contributed by atoms with Gasteiger partial charge in [-0.05, 0) is 44.0 Å². The first kappa shape index (κ1) is 19.4. The van der Waals surface area contributed by atoms with Gasteiger partial charge in [0.25, 0.3) is 0 Å². The highest BCUT2D eigenvalue weighted by Gasteiger charge is 2.23. The van der Waals surface area contributed by atoms with Gasteiger partial charge in [-0.2, -0.15) is 0 Å². The lowest BCUT2D eigenvalue weighted by Crippen LogP contribution is -2.48. The highest BCUT2D eigenvalue weighted by molar-refractivity contribution is 5.94. The lowest BCUT2D eigenvalue weighted by Gasteiger charge is -2.34. The summed E-state index contributed by atoms with van der Waals surface area (Å²) in [6.07, 6.45) is 0.264. The molecule has 0 aliphatic carbocycles. The quantitative estimate of drug-likeness (QED) is 0.800. The Balaban J connectivity index is 1.84. The van der Waals surface area contributed by atoms with E-state index in [1.54, 1.807) is 24.3 Å². The van der Waals surface area contributed by atoms with Crippen LogP contribution in [-0.2, 0) is 14.3 Å². The number of amides is 1. The van der Waals surface area contributed by atoms with Crippen molar-refractivity contribution in [3.05, 3.63) is 29.8 Å². The van der Waals surface area contributed by atoms with Crippen molar-refractivity contribution >= 4 is 17.6 Å². The number of carbonyl (C=O) groups is 2. The Morgan fingerprint density at radius 1 is 1.20 bits per heavy atom. The zero-order chi connectivity index (χ0) is 18.4. The van der Waals surface area contributed by atoms with Crippen LogP contribution >= 0.6 is 0 Å². The summed E-state index contributed by atoms with van der Waals surface area (Å²) in [5.74, 6) is -0.118. The Bertz CT molecular complexity index is 576. The third-order valence-electron chi connectivity index (χ3n) is 3.81. The molecule has 1 aromatic rings. The van der Waals surface area contributed by atoms with E-state index in [0.717, 1.165) is 13.1 Å². The van der Waals surface area contributed by atoms with Gasteiger partial charge >= 0.3 is 5.97 Å². The van der Waals surface area contributed by atoms with Crippen molar-refractivity contribution in [3.8, 4) is 0 Å². The molecule has 1 saturated heterocycles. The molecule has 1 fully saturated rings. The molecular formula is C19H28N2O4. The van der Waals surface area contributed by atoms with E-state index < -0.39 is 0 Å². The van der Waals surface area contributed by atoms with Gasteiger partial charge in [-0.3, -0.25) is 9.69 Å². The zero-order valence-corrected chi connectivity index (χ0v) is 15.5. The summed E-state index contributed by atoms with van der Waals surface area (Å²) in [5.41, 5.74) is 1.15. The van der Waals surface area contributed by atoms with Gasteiger partial charge in [-0.15, -0.1) is 0 Å². The van der Waals surface area contributed by atoms with Crippen LogP contribution in [0.3, 0.4) is 0 Å². The first-order chi connectivity index (χ1) is 11.8. The van der Waals surface area contributed by atoms with Crippen molar-refractivity contribution in [3.63, 3.8) is 0 Å². The summed E-state index contributed by atoms with van der Waals surface area (Å²) in [4.78, 5) is 26.2. The maximum atomic E-state index is 12.2. The fourth-order valence-electron chi connectivity index (χ4n) is 2.83. The molecule has 1 aliphatic heterocycles. The van der Waals surface area contributed by atoms with Gasteiger partial charge in [0.05, 0.1) is 30.9 Å². The molecule has 0 aromatic heterocycles. The number of carbonyl (C=O) groups excluding carboxylic acids is 2. The normalized spacial score (nSPS) is 21.2. The SMILES string of the molecule is CC(C)COC(=O)c1ccc(NC(=O)CN2C[C@H](C)O[C@@H](C)C2)cc1. The van der Waals surface area contributed by atoms with Crippen LogP contribution in [0.1, 0.15) is 38.1 Å². The second-order valence-corrected chi connectivity index (χ2v) is 7.07. The highest BCUT2D eigenvalue weighted by atomic mass is 16.5. The fourth-order valence-corrected chi connectivity index (χ4v) is 2.83. The number of rotatable bonds is 6. The van der Waals surface area contributed by atoms with Crippen LogP contribution in [0.15, 0.2) is 24.3 Å². The van der Waals surface area contributed by atoms with E-state index in [2.05, 4.69) is 10.2 Å². The number of nitrogens with one attached hydrogen (secondary N) is 1. The number of hydrogen-bond acceptors (Lipinski definition) is 5. The predicted molar refractivity (Wildman–Crippen MR) is 96.6 cm³/mol. The second-order valence-electron chi connectivity index (χ2n) is 7.07. The number of nitrogens with zero attached hydrogens (tertiary/aromatic N) is 1. The van der Waals surface area contributed by atoms with Crippen LogP contribution in [0, 0.1) is 5.92 Å². The molecule has 6 heteroatoms. The molecule has 0 spiro atoms. The van der Waals surface area contributed by atoms with Gasteiger partial charge in [0, 0.05) is 18.8 Å². The van der Waals surface area contributed by atoms with Crippen molar-refractivity contribution in [2.45, 2.75) is 39.9 Å². The average molecular weight is 348 g/mol. The Labute approximate surface area is 149 Å². The van der Waals surface area contributed by atoms with Crippen molar-refractivity contribution in [2.75, 3.05) is 31.6 Å². The Kier molecular flexibility index (Phi) is 6.96. The number of ether oxygens (including phenoxy) is 2. The zero-order valence-electron chi connectivity index (χ0n) is 15.5. The minimum Gasteiger partial charge on any atom is -0.462 e. The number of hydrogen-bond donors (Lipinski definition) is 1. The molecule has 2 rings (SSSR count). The first-order valence-electron chi connectivity index (χ1n) is 8.78. The molecule has 1 heterocycles. The summed E-state index contributed by atoms with van der Waals surface area (Å²) in [7, 11) is 0. The first-order valence-corrected chi connectivity index (χ1v) is 8.78. The molecular weight excluding hydrogens is 320 g/mol. The molecule has 2 atom stereocenters. The summed E-state index contributed by atoms with van der Waals surface area (Å²) in [6, 6.07) is 6.76. The molecule has 138 valence electrons. The topological polar surface area (TPSA) is 67.9 Å². The maximum Gasteiger partial charge on any atom is 0.338 e. The molecule has 25 heavy (non-hydrogen) atoms. The van der Waals surface area contributed by atoms with Crippen molar-refractivity contribution < 1.29 is 19.1 Å². The van der Waals surface area contributed by atoms with Gasteiger partial charge in [-0.25, -0.2) is 4.79 Å². The minimum absolute atomic E-state index is 0.0727. The van der Waals surface area contributed by atoms with Crippen LogP contribution in [0.5, 0.6) is 0 Å². The maximum absolute atomic E-state index is 12.2. The molecule has 1 aliphatic rings. The predicted octanol–water partition coefficient (Wildman–Crippen LogP) is 2.55. The van der Waals surface area contributed by atoms with Crippen LogP contribution in [0.4, 0.5) is 5.69 Å². The van der Waals surface area contributed by atoms with E-state index in [0.29, 0.717) is 30.3 Å². The van der Waals surface area contributed by atoms with E-state index in [1.165, 1.54) is 0 Å². The molecule has 1 amide bonds. The molecule has 0 unspecified atom stereocenters. The Hall–Kier alpha value is -1.92. The van der Waals surface area contributed by atoms with Crippen LogP contribution in [0.25, 0.3) is 0 Å². The third-order valence-corrected chi connectivity index (χ3v) is 3.81. The molecule has 1 aromatic carbocycles. The fraction of sp³-hybridized carbons (Fsp3) is 0.579. The van der Waals surface area contributed by atoms with Crippen molar-refractivity contribution in [1.29, 1.82) is 0 Å². The number of esters is 1. The number of benzene rings is 1.